The summed E-state index contributed by atoms with van der Waals surface area (Å²) in [6, 6.07) is 1.90. The normalized spacial score (nSPS) is 17.1. The Morgan fingerprint density at radius 2 is 1.92 bits per heavy atom. The summed E-state index contributed by atoms with van der Waals surface area (Å²) in [7, 11) is 0. The SMILES string of the molecule is C=C(C)/C(=C\C(=O)N(C(C)=O)c1cc(SC(CC(C)C)C(=O)OCC2CCCCO2)c(Cl)cc1F)C(F)(F)F. The fraction of sp³-hybridized carbons (Fsp3) is 0.519. The minimum absolute atomic E-state index is 0.0584. The highest BCUT2D eigenvalue weighted by molar-refractivity contribution is 8.00. The number of esters is 1. The quantitative estimate of drug-likeness (QED) is 0.0952. The number of nitrogens with zero attached hydrogens (tertiary/aromatic N) is 1. The highest BCUT2D eigenvalue weighted by Gasteiger charge is 2.36. The van der Waals surface area contributed by atoms with Gasteiger partial charge in [0.15, 0.2) is 0 Å². The molecule has 0 N–H and O–H groups in total. The molecule has 1 aromatic rings. The lowest BCUT2D eigenvalue weighted by molar-refractivity contribution is -0.148. The summed E-state index contributed by atoms with van der Waals surface area (Å²) in [5, 5.41) is -0.881. The van der Waals surface area contributed by atoms with Crippen LogP contribution >= 0.6 is 23.4 Å². The van der Waals surface area contributed by atoms with Crippen LogP contribution in [-0.2, 0) is 23.9 Å². The van der Waals surface area contributed by atoms with Gasteiger partial charge in [-0.1, -0.05) is 32.0 Å². The molecule has 1 aliphatic rings. The number of imide groups is 1. The van der Waals surface area contributed by atoms with Crippen molar-refractivity contribution in [1.29, 1.82) is 0 Å². The summed E-state index contributed by atoms with van der Waals surface area (Å²) in [4.78, 5) is 38.5. The Bertz CT molecular complexity index is 1120. The molecule has 1 aliphatic heterocycles. The number of hydrogen-bond acceptors (Lipinski definition) is 6. The first-order valence-corrected chi connectivity index (χ1v) is 13.6. The maximum Gasteiger partial charge on any atom is 0.416 e. The zero-order chi connectivity index (χ0) is 29.5. The molecule has 6 nitrogen and oxygen atoms in total. The summed E-state index contributed by atoms with van der Waals surface area (Å²) >= 11 is 7.19. The number of carbonyl (C=O) groups is 3. The number of benzene rings is 1. The average Bonchev–Trinajstić information content (AvgIpc) is 2.82. The van der Waals surface area contributed by atoms with E-state index in [0.29, 0.717) is 13.0 Å². The van der Waals surface area contributed by atoms with Gasteiger partial charge in [0, 0.05) is 24.5 Å². The van der Waals surface area contributed by atoms with Gasteiger partial charge in [-0.2, -0.15) is 13.2 Å². The number of anilines is 1. The van der Waals surface area contributed by atoms with Crippen LogP contribution in [0, 0.1) is 11.7 Å². The molecule has 0 aromatic heterocycles. The van der Waals surface area contributed by atoms with Crippen LogP contribution < -0.4 is 4.90 Å². The molecule has 0 bridgehead atoms. The first-order chi connectivity index (χ1) is 18.1. The van der Waals surface area contributed by atoms with E-state index >= 15 is 0 Å². The van der Waals surface area contributed by atoms with E-state index in [9.17, 15) is 31.9 Å². The third-order valence-electron chi connectivity index (χ3n) is 5.71. The Hall–Kier alpha value is -2.37. The number of halogens is 5. The van der Waals surface area contributed by atoms with E-state index in [2.05, 4.69) is 6.58 Å². The number of rotatable bonds is 10. The van der Waals surface area contributed by atoms with Crippen molar-refractivity contribution in [3.8, 4) is 0 Å². The second kappa shape index (κ2) is 14.3. The average molecular weight is 594 g/mol. The van der Waals surface area contributed by atoms with Gasteiger partial charge in [-0.15, -0.1) is 11.8 Å². The van der Waals surface area contributed by atoms with Crippen molar-refractivity contribution in [2.24, 2.45) is 5.92 Å². The Kier molecular flexibility index (Phi) is 12.1. The summed E-state index contributed by atoms with van der Waals surface area (Å²) in [5.41, 5.74) is -2.42. The molecule has 2 amide bonds. The Labute approximate surface area is 234 Å². The molecule has 0 aliphatic carbocycles. The van der Waals surface area contributed by atoms with Crippen LogP contribution in [0.15, 0.2) is 40.8 Å². The van der Waals surface area contributed by atoms with Crippen molar-refractivity contribution in [3.63, 3.8) is 0 Å². The molecule has 39 heavy (non-hydrogen) atoms. The van der Waals surface area contributed by atoms with Crippen molar-refractivity contribution in [2.45, 2.75) is 75.8 Å². The fourth-order valence-electron chi connectivity index (χ4n) is 3.84. The summed E-state index contributed by atoms with van der Waals surface area (Å²) in [6.07, 6.45) is -1.87. The first-order valence-electron chi connectivity index (χ1n) is 12.3. The Morgan fingerprint density at radius 1 is 1.26 bits per heavy atom. The van der Waals surface area contributed by atoms with Gasteiger partial charge in [-0.3, -0.25) is 14.4 Å². The zero-order valence-corrected chi connectivity index (χ0v) is 23.8. The number of allylic oxidation sites excluding steroid dienone is 2. The van der Waals surface area contributed by atoms with Crippen LogP contribution in [0.1, 0.15) is 53.4 Å². The lowest BCUT2D eigenvalue weighted by Gasteiger charge is -2.24. The number of hydrogen-bond donors (Lipinski definition) is 0. The van der Waals surface area contributed by atoms with Gasteiger partial charge in [-0.05, 0) is 56.2 Å². The van der Waals surface area contributed by atoms with E-state index in [-0.39, 0.29) is 39.5 Å². The smallest absolute Gasteiger partial charge is 0.416 e. The van der Waals surface area contributed by atoms with E-state index in [1.807, 2.05) is 13.8 Å². The van der Waals surface area contributed by atoms with Gasteiger partial charge < -0.3 is 9.47 Å². The monoisotopic (exact) mass is 593 g/mol. The van der Waals surface area contributed by atoms with E-state index in [0.717, 1.165) is 57.0 Å². The lowest BCUT2D eigenvalue weighted by Crippen LogP contribution is -2.35. The van der Waals surface area contributed by atoms with Gasteiger partial charge in [-0.25, -0.2) is 9.29 Å². The molecule has 2 rings (SSSR count). The van der Waals surface area contributed by atoms with E-state index in [4.69, 9.17) is 21.1 Å². The lowest BCUT2D eigenvalue weighted by atomic mass is 10.1. The fourth-order valence-corrected chi connectivity index (χ4v) is 5.43. The van der Waals surface area contributed by atoms with Crippen LogP contribution in [0.5, 0.6) is 0 Å². The number of thioether (sulfide) groups is 1. The number of carbonyl (C=O) groups excluding carboxylic acids is 3. The third-order valence-corrected chi connectivity index (χ3v) is 7.40. The molecule has 216 valence electrons. The molecule has 2 unspecified atom stereocenters. The van der Waals surface area contributed by atoms with Crippen molar-refractivity contribution in [3.05, 3.63) is 46.8 Å². The molecule has 1 saturated heterocycles. The van der Waals surface area contributed by atoms with Gasteiger partial charge >= 0.3 is 12.1 Å². The van der Waals surface area contributed by atoms with Crippen molar-refractivity contribution >= 4 is 46.8 Å². The predicted molar refractivity (Wildman–Crippen MR) is 142 cm³/mol. The first kappa shape index (κ1) is 32.8. The molecule has 12 heteroatoms. The van der Waals surface area contributed by atoms with Crippen molar-refractivity contribution < 1.29 is 41.4 Å². The number of ether oxygens (including phenoxy) is 2. The third kappa shape index (κ3) is 9.65. The topological polar surface area (TPSA) is 72.9 Å². The zero-order valence-electron chi connectivity index (χ0n) is 22.2. The molecular weight excluding hydrogens is 562 g/mol. The molecule has 0 spiro atoms. The molecule has 2 atom stereocenters. The van der Waals surface area contributed by atoms with E-state index in [1.54, 1.807) is 0 Å². The standard InChI is InChI=1S/C27H32ClF4NO5S/c1-15(2)10-24(26(36)38-14-18-8-6-7-9-37-18)39-23-13-22(21(29)12-20(23)28)33(17(5)34)25(35)11-19(16(3)4)27(30,31)32/h11-13,15,18,24H,3,6-10,14H2,1-2,4-5H3/b19-11+. The van der Waals surface area contributed by atoms with Gasteiger partial charge in [0.25, 0.3) is 5.91 Å². The summed E-state index contributed by atoms with van der Waals surface area (Å²) in [5.74, 6) is -4.03. The highest BCUT2D eigenvalue weighted by Crippen LogP contribution is 2.38. The number of amides is 2. The summed E-state index contributed by atoms with van der Waals surface area (Å²) < 4.78 is 66.1. The van der Waals surface area contributed by atoms with Gasteiger partial charge in [0.05, 0.1) is 22.4 Å². The van der Waals surface area contributed by atoms with Crippen LogP contribution in [-0.4, -0.2) is 48.5 Å². The molecule has 0 saturated carbocycles. The second-order valence-corrected chi connectivity index (χ2v) is 11.3. The van der Waals surface area contributed by atoms with E-state index in [1.165, 1.54) is 0 Å². The minimum Gasteiger partial charge on any atom is -0.462 e. The predicted octanol–water partition coefficient (Wildman–Crippen LogP) is 7.04. The molecular formula is C27H32ClF4NO5S. The Morgan fingerprint density at radius 3 is 2.44 bits per heavy atom. The van der Waals surface area contributed by atoms with E-state index < -0.39 is 51.9 Å². The Balaban J connectivity index is 2.40. The van der Waals surface area contributed by atoms with Gasteiger partial charge in [0.1, 0.15) is 17.7 Å². The summed E-state index contributed by atoms with van der Waals surface area (Å²) in [6.45, 7) is 9.65. The van der Waals surface area contributed by atoms with Crippen LogP contribution in [0.3, 0.4) is 0 Å². The van der Waals surface area contributed by atoms with Gasteiger partial charge in [0.2, 0.25) is 5.91 Å². The van der Waals surface area contributed by atoms with Crippen molar-refractivity contribution in [1.82, 2.24) is 0 Å². The van der Waals surface area contributed by atoms with Crippen LogP contribution in [0.4, 0.5) is 23.2 Å². The molecule has 1 heterocycles. The van der Waals surface area contributed by atoms with Crippen LogP contribution in [0.2, 0.25) is 5.02 Å². The highest BCUT2D eigenvalue weighted by atomic mass is 35.5. The maximum atomic E-state index is 15.0. The molecule has 1 fully saturated rings. The second-order valence-electron chi connectivity index (χ2n) is 9.62. The maximum absolute atomic E-state index is 15.0. The minimum atomic E-state index is -4.92. The van der Waals surface area contributed by atoms with Crippen molar-refractivity contribution in [2.75, 3.05) is 18.1 Å². The largest absolute Gasteiger partial charge is 0.462 e. The molecule has 1 aromatic carbocycles. The van der Waals surface area contributed by atoms with Crippen LogP contribution in [0.25, 0.3) is 0 Å². The molecule has 0 radical (unpaired) electrons. The number of alkyl halides is 3.